The van der Waals surface area contributed by atoms with Crippen molar-refractivity contribution >= 4 is 28.9 Å². The Hall–Kier alpha value is -4.19. The van der Waals surface area contributed by atoms with Crippen molar-refractivity contribution in [1.82, 2.24) is 24.9 Å². The van der Waals surface area contributed by atoms with Crippen molar-refractivity contribution in [2.24, 2.45) is 0 Å². The summed E-state index contributed by atoms with van der Waals surface area (Å²) in [6, 6.07) is 4.20. The highest BCUT2D eigenvalue weighted by molar-refractivity contribution is 5.82. The molecule has 1 aromatic carbocycles. The molecule has 2 N–H and O–H groups in total. The van der Waals surface area contributed by atoms with Crippen LogP contribution < -0.4 is 15.9 Å². The minimum atomic E-state index is -0.774. The zero-order valence-corrected chi connectivity index (χ0v) is 17.1. The highest BCUT2D eigenvalue weighted by Crippen LogP contribution is 2.29. The number of benzene rings is 1. The molecular formula is C23H17F3N6. The lowest BCUT2D eigenvalue weighted by molar-refractivity contribution is 0.584. The van der Waals surface area contributed by atoms with Crippen LogP contribution in [0.25, 0.3) is 34.3 Å². The molecule has 0 aliphatic rings. The van der Waals surface area contributed by atoms with Gasteiger partial charge in [0.2, 0.25) is 0 Å². The number of rotatable bonds is 4. The highest BCUT2D eigenvalue weighted by atomic mass is 19.1. The number of halogens is 3. The third-order valence-electron chi connectivity index (χ3n) is 4.82. The molecule has 32 heavy (non-hydrogen) atoms. The zero-order valence-electron chi connectivity index (χ0n) is 17.1. The first kappa shape index (κ1) is 21.1. The van der Waals surface area contributed by atoms with E-state index in [-0.39, 0.29) is 16.6 Å². The largest absolute Gasteiger partial charge is 0.362 e. The molecule has 9 heteroatoms. The van der Waals surface area contributed by atoms with Gasteiger partial charge in [0.05, 0.1) is 18.1 Å². The third-order valence-corrected chi connectivity index (χ3v) is 4.82. The molecule has 3 heterocycles. The van der Waals surface area contributed by atoms with Crippen LogP contribution in [0.2, 0.25) is 0 Å². The van der Waals surface area contributed by atoms with E-state index in [0.717, 1.165) is 18.2 Å². The quantitative estimate of drug-likeness (QED) is 0.482. The Morgan fingerprint density at radius 1 is 1.16 bits per heavy atom. The van der Waals surface area contributed by atoms with Gasteiger partial charge in [-0.05, 0) is 38.1 Å². The second-order valence-electron chi connectivity index (χ2n) is 7.05. The normalized spacial score (nSPS) is 13.7. The van der Waals surface area contributed by atoms with E-state index in [1.54, 1.807) is 6.07 Å². The van der Waals surface area contributed by atoms with Crippen LogP contribution in [0.4, 0.5) is 19.0 Å². The molecule has 0 fully saturated rings. The minimum absolute atomic E-state index is 0.00435. The number of hydrogen-bond acceptors (Lipinski definition) is 5. The Kier molecular flexibility index (Phi) is 5.60. The van der Waals surface area contributed by atoms with Crippen LogP contribution in [0, 0.1) is 24.0 Å². The van der Waals surface area contributed by atoms with Gasteiger partial charge in [-0.2, -0.15) is 0 Å². The summed E-state index contributed by atoms with van der Waals surface area (Å²) in [7, 11) is 0. The maximum atomic E-state index is 14.3. The molecule has 0 saturated heterocycles. The number of anilines is 1. The Morgan fingerprint density at radius 2 is 1.91 bits per heavy atom. The molecule has 6 nitrogen and oxygen atoms in total. The predicted molar refractivity (Wildman–Crippen MR) is 116 cm³/mol. The standard InChI is InChI=1S/C23H17F3N6/c1-4-5-14-8-18(13(3)31-23-21-22(28-10-27-21)29-11-30-23)20(32-19(14)12(2)24)15-6-16(25)9-17(26)7-15/h1,5-11,13H,2-3H3,(H2,27,28,29,30,31)/b14-5-,19-12-/t13-/m0/s1. The van der Waals surface area contributed by atoms with E-state index >= 15 is 0 Å². The molecule has 3 aromatic heterocycles. The van der Waals surface area contributed by atoms with Gasteiger partial charge in [0, 0.05) is 22.4 Å². The maximum absolute atomic E-state index is 14.3. The van der Waals surface area contributed by atoms with Gasteiger partial charge in [-0.15, -0.1) is 6.42 Å². The van der Waals surface area contributed by atoms with Gasteiger partial charge < -0.3 is 10.3 Å². The first-order valence-corrected chi connectivity index (χ1v) is 9.58. The van der Waals surface area contributed by atoms with E-state index in [1.165, 1.54) is 25.7 Å². The summed E-state index contributed by atoms with van der Waals surface area (Å²) >= 11 is 0. The molecule has 4 aromatic rings. The average molecular weight is 434 g/mol. The second-order valence-corrected chi connectivity index (χ2v) is 7.05. The molecule has 0 aliphatic heterocycles. The number of hydrogen-bond donors (Lipinski definition) is 2. The third kappa shape index (κ3) is 4.03. The number of pyridine rings is 1. The predicted octanol–water partition coefficient (Wildman–Crippen LogP) is 3.38. The van der Waals surface area contributed by atoms with E-state index in [9.17, 15) is 13.2 Å². The first-order valence-electron chi connectivity index (χ1n) is 9.58. The van der Waals surface area contributed by atoms with Crippen molar-refractivity contribution in [3.05, 3.63) is 64.7 Å². The Bertz CT molecular complexity index is 1460. The summed E-state index contributed by atoms with van der Waals surface area (Å²) in [5.41, 5.74) is 1.96. The fourth-order valence-electron chi connectivity index (χ4n) is 3.43. The summed E-state index contributed by atoms with van der Waals surface area (Å²) in [4.78, 5) is 19.8. The SMILES string of the molecule is C#C/C=c1/cc([C@H](C)Nc2ncnc3[nH]cnc23)c(-c2cc(F)cc(F)c2)n/c1=C(/C)F. The van der Waals surface area contributed by atoms with E-state index < -0.39 is 23.5 Å². The number of aromatic amines is 1. The number of imidazole rings is 1. The lowest BCUT2D eigenvalue weighted by atomic mass is 9.99. The number of H-pyrrole nitrogens is 1. The van der Waals surface area contributed by atoms with E-state index in [2.05, 4.69) is 36.2 Å². The van der Waals surface area contributed by atoms with Gasteiger partial charge in [0.15, 0.2) is 11.5 Å². The fourth-order valence-corrected chi connectivity index (χ4v) is 3.43. The summed E-state index contributed by atoms with van der Waals surface area (Å²) in [6.07, 6.45) is 9.66. The summed E-state index contributed by atoms with van der Waals surface area (Å²) in [5, 5.41) is 3.58. The number of aromatic nitrogens is 5. The summed E-state index contributed by atoms with van der Waals surface area (Å²) in [6.45, 7) is 3.05. The Morgan fingerprint density at radius 3 is 2.59 bits per heavy atom. The molecule has 0 bridgehead atoms. The number of nitrogens with one attached hydrogen (secondary N) is 2. The van der Waals surface area contributed by atoms with Crippen molar-refractivity contribution in [3.8, 4) is 23.6 Å². The van der Waals surface area contributed by atoms with E-state index in [1.807, 2.05) is 6.92 Å². The first-order chi connectivity index (χ1) is 15.4. The number of terminal acetylenes is 1. The van der Waals surface area contributed by atoms with Gasteiger partial charge in [0.1, 0.15) is 34.7 Å². The molecule has 0 unspecified atom stereocenters. The average Bonchev–Trinajstić information content (AvgIpc) is 3.22. The molecule has 0 radical (unpaired) electrons. The monoisotopic (exact) mass is 434 g/mol. The van der Waals surface area contributed by atoms with Crippen LogP contribution in [-0.4, -0.2) is 24.9 Å². The second kappa shape index (κ2) is 8.51. The van der Waals surface area contributed by atoms with E-state index in [0.29, 0.717) is 27.8 Å². The van der Waals surface area contributed by atoms with Gasteiger partial charge >= 0.3 is 0 Å². The van der Waals surface area contributed by atoms with Gasteiger partial charge in [-0.3, -0.25) is 0 Å². The summed E-state index contributed by atoms with van der Waals surface area (Å²) in [5.74, 6) is 0.692. The number of fused-ring (bicyclic) bond motifs is 1. The van der Waals surface area contributed by atoms with Crippen molar-refractivity contribution in [2.45, 2.75) is 19.9 Å². The minimum Gasteiger partial charge on any atom is -0.362 e. The van der Waals surface area contributed by atoms with Crippen LogP contribution in [0.15, 0.2) is 36.9 Å². The molecule has 0 aliphatic carbocycles. The fraction of sp³-hybridized carbons (Fsp3) is 0.130. The van der Waals surface area contributed by atoms with Crippen LogP contribution in [-0.2, 0) is 0 Å². The van der Waals surface area contributed by atoms with Crippen molar-refractivity contribution < 1.29 is 13.2 Å². The van der Waals surface area contributed by atoms with Gasteiger partial charge in [0.25, 0.3) is 0 Å². The molecule has 0 spiro atoms. The molecule has 160 valence electrons. The number of nitrogens with zero attached hydrogens (tertiary/aromatic N) is 4. The zero-order chi connectivity index (χ0) is 22.8. The van der Waals surface area contributed by atoms with Crippen LogP contribution in [0.1, 0.15) is 25.5 Å². The lowest BCUT2D eigenvalue weighted by Crippen LogP contribution is -2.32. The molecule has 4 rings (SSSR count). The molecule has 1 atom stereocenters. The highest BCUT2D eigenvalue weighted by Gasteiger charge is 2.18. The molecule has 0 amide bonds. The van der Waals surface area contributed by atoms with Gasteiger partial charge in [-0.25, -0.2) is 33.1 Å². The maximum Gasteiger partial charge on any atom is 0.162 e. The van der Waals surface area contributed by atoms with Crippen molar-refractivity contribution in [2.75, 3.05) is 5.32 Å². The van der Waals surface area contributed by atoms with Gasteiger partial charge in [-0.1, -0.05) is 5.92 Å². The molecule has 0 saturated carbocycles. The van der Waals surface area contributed by atoms with E-state index in [4.69, 9.17) is 6.42 Å². The lowest BCUT2D eigenvalue weighted by Gasteiger charge is -2.19. The summed E-state index contributed by atoms with van der Waals surface area (Å²) < 4.78 is 42.2. The molecular weight excluding hydrogens is 417 g/mol. The Balaban J connectivity index is 1.94. The van der Waals surface area contributed by atoms with Crippen molar-refractivity contribution in [1.29, 1.82) is 0 Å². The topological polar surface area (TPSA) is 79.4 Å². The smallest absolute Gasteiger partial charge is 0.162 e. The van der Waals surface area contributed by atoms with Crippen LogP contribution in [0.3, 0.4) is 0 Å². The van der Waals surface area contributed by atoms with Crippen LogP contribution in [0.5, 0.6) is 0 Å². The Labute approximate surface area is 181 Å². The van der Waals surface area contributed by atoms with Crippen molar-refractivity contribution in [3.63, 3.8) is 0 Å². The van der Waals surface area contributed by atoms with Crippen LogP contribution >= 0.6 is 0 Å².